The average molecular weight is 476 g/mol. The SMILES string of the molecule is CCn1c(Oc2cccc(Cl)c2)nnc1[C@@H](C)NS(=O)(=O)c1ccc(Cl)c(Cl)c1. The van der Waals surface area contributed by atoms with Crippen LogP contribution in [0, 0.1) is 0 Å². The van der Waals surface area contributed by atoms with E-state index in [2.05, 4.69) is 14.9 Å². The zero-order chi connectivity index (χ0) is 21.2. The number of benzene rings is 2. The van der Waals surface area contributed by atoms with Crippen LogP contribution in [-0.2, 0) is 16.6 Å². The quantitative estimate of drug-likeness (QED) is 0.514. The van der Waals surface area contributed by atoms with Gasteiger partial charge in [0, 0.05) is 11.6 Å². The number of halogens is 3. The summed E-state index contributed by atoms with van der Waals surface area (Å²) in [6.45, 7) is 4.00. The van der Waals surface area contributed by atoms with Crippen LogP contribution in [0.25, 0.3) is 0 Å². The number of nitrogens with zero attached hydrogens (tertiary/aromatic N) is 3. The largest absolute Gasteiger partial charge is 0.424 e. The van der Waals surface area contributed by atoms with Crippen LogP contribution >= 0.6 is 34.8 Å². The number of hydrogen-bond acceptors (Lipinski definition) is 5. The Balaban J connectivity index is 1.84. The molecule has 11 heteroatoms. The summed E-state index contributed by atoms with van der Waals surface area (Å²) in [5, 5.41) is 9.07. The zero-order valence-corrected chi connectivity index (χ0v) is 18.5. The van der Waals surface area contributed by atoms with Crippen molar-refractivity contribution in [2.75, 3.05) is 0 Å². The highest BCUT2D eigenvalue weighted by Gasteiger charge is 2.24. The first kappa shape index (κ1) is 21.9. The predicted octanol–water partition coefficient (Wildman–Crippen LogP) is 5.09. The van der Waals surface area contributed by atoms with Gasteiger partial charge in [0.1, 0.15) is 5.75 Å². The fourth-order valence-corrected chi connectivity index (χ4v) is 4.40. The van der Waals surface area contributed by atoms with E-state index in [0.29, 0.717) is 23.1 Å². The van der Waals surface area contributed by atoms with Crippen molar-refractivity contribution in [1.82, 2.24) is 19.5 Å². The first-order valence-electron chi connectivity index (χ1n) is 8.55. The smallest absolute Gasteiger partial charge is 0.322 e. The normalized spacial score (nSPS) is 12.7. The number of aromatic nitrogens is 3. The van der Waals surface area contributed by atoms with E-state index in [1.807, 2.05) is 6.92 Å². The second-order valence-corrected chi connectivity index (χ2v) is 9.03. The van der Waals surface area contributed by atoms with E-state index < -0.39 is 16.1 Å². The van der Waals surface area contributed by atoms with Gasteiger partial charge < -0.3 is 4.74 Å². The third kappa shape index (κ3) is 5.02. The van der Waals surface area contributed by atoms with Crippen molar-refractivity contribution in [2.24, 2.45) is 0 Å². The molecular weight excluding hydrogens is 459 g/mol. The van der Waals surface area contributed by atoms with Crippen LogP contribution < -0.4 is 9.46 Å². The lowest BCUT2D eigenvalue weighted by atomic mass is 10.3. The van der Waals surface area contributed by atoms with E-state index in [4.69, 9.17) is 39.5 Å². The van der Waals surface area contributed by atoms with Gasteiger partial charge in [-0.15, -0.1) is 5.10 Å². The summed E-state index contributed by atoms with van der Waals surface area (Å²) in [6, 6.07) is 10.5. The highest BCUT2D eigenvalue weighted by atomic mass is 35.5. The molecule has 0 saturated heterocycles. The molecule has 1 heterocycles. The standard InChI is InChI=1S/C18H17Cl3N4O3S/c1-3-25-17(22-23-18(25)28-13-6-4-5-12(19)9-13)11(2)24-29(26,27)14-7-8-15(20)16(21)10-14/h4-11,24H,3H2,1-2H3/t11-/m1/s1. The van der Waals surface area contributed by atoms with Crippen molar-refractivity contribution in [3.05, 3.63) is 63.4 Å². The zero-order valence-electron chi connectivity index (χ0n) is 15.4. The van der Waals surface area contributed by atoms with E-state index in [0.717, 1.165) is 0 Å². The lowest BCUT2D eigenvalue weighted by Gasteiger charge is -2.15. The monoisotopic (exact) mass is 474 g/mol. The number of nitrogens with one attached hydrogen (secondary N) is 1. The summed E-state index contributed by atoms with van der Waals surface area (Å²) in [7, 11) is -3.86. The Labute approximate surface area is 183 Å². The van der Waals surface area contributed by atoms with Crippen molar-refractivity contribution in [3.8, 4) is 11.8 Å². The minimum Gasteiger partial charge on any atom is -0.424 e. The summed E-state index contributed by atoms with van der Waals surface area (Å²) >= 11 is 17.8. The highest BCUT2D eigenvalue weighted by Crippen LogP contribution is 2.27. The molecule has 0 amide bonds. The maximum atomic E-state index is 12.7. The van der Waals surface area contributed by atoms with Gasteiger partial charge >= 0.3 is 6.01 Å². The van der Waals surface area contributed by atoms with Gasteiger partial charge in [-0.3, -0.25) is 4.57 Å². The van der Waals surface area contributed by atoms with Crippen molar-refractivity contribution >= 4 is 44.8 Å². The van der Waals surface area contributed by atoms with Gasteiger partial charge in [-0.1, -0.05) is 46.0 Å². The molecule has 1 atom stereocenters. The molecule has 0 radical (unpaired) electrons. The van der Waals surface area contributed by atoms with Crippen LogP contribution in [0.15, 0.2) is 47.4 Å². The maximum absolute atomic E-state index is 12.7. The van der Waals surface area contributed by atoms with Gasteiger partial charge in [-0.25, -0.2) is 13.1 Å². The first-order chi connectivity index (χ1) is 13.7. The second kappa shape index (κ2) is 8.89. The molecule has 3 aromatic rings. The summed E-state index contributed by atoms with van der Waals surface area (Å²) in [4.78, 5) is -0.00304. The molecular formula is C18H17Cl3N4O3S. The predicted molar refractivity (Wildman–Crippen MR) is 112 cm³/mol. The maximum Gasteiger partial charge on any atom is 0.322 e. The highest BCUT2D eigenvalue weighted by molar-refractivity contribution is 7.89. The van der Waals surface area contributed by atoms with Crippen LogP contribution in [0.3, 0.4) is 0 Å². The van der Waals surface area contributed by atoms with E-state index >= 15 is 0 Å². The van der Waals surface area contributed by atoms with Crippen LogP contribution in [0.1, 0.15) is 25.7 Å². The summed E-state index contributed by atoms with van der Waals surface area (Å²) < 4.78 is 35.4. The molecule has 7 nitrogen and oxygen atoms in total. The molecule has 154 valence electrons. The van der Waals surface area contributed by atoms with Crippen LogP contribution in [0.5, 0.6) is 11.8 Å². The minimum absolute atomic E-state index is 0.00304. The number of ether oxygens (including phenoxy) is 1. The van der Waals surface area contributed by atoms with Crippen molar-refractivity contribution in [2.45, 2.75) is 31.3 Å². The topological polar surface area (TPSA) is 86.1 Å². The van der Waals surface area contributed by atoms with Gasteiger partial charge in [0.05, 0.1) is 21.0 Å². The van der Waals surface area contributed by atoms with Gasteiger partial charge in [0.25, 0.3) is 0 Å². The third-order valence-electron chi connectivity index (χ3n) is 3.99. The van der Waals surface area contributed by atoms with Gasteiger partial charge in [0.2, 0.25) is 10.0 Å². The molecule has 1 N–H and O–H groups in total. The molecule has 0 fully saturated rings. The Morgan fingerprint density at radius 3 is 2.52 bits per heavy atom. The van der Waals surface area contributed by atoms with Crippen LogP contribution in [0.2, 0.25) is 15.1 Å². The van der Waals surface area contributed by atoms with Crippen molar-refractivity contribution < 1.29 is 13.2 Å². The average Bonchev–Trinajstić information content (AvgIpc) is 3.06. The van der Waals surface area contributed by atoms with Crippen LogP contribution in [0.4, 0.5) is 0 Å². The van der Waals surface area contributed by atoms with Crippen LogP contribution in [-0.4, -0.2) is 23.2 Å². The molecule has 2 aromatic carbocycles. The lowest BCUT2D eigenvalue weighted by Crippen LogP contribution is -2.29. The molecule has 0 unspecified atom stereocenters. The summed E-state index contributed by atoms with van der Waals surface area (Å²) in [5.41, 5.74) is 0. The fourth-order valence-electron chi connectivity index (χ4n) is 2.63. The Hall–Kier alpha value is -1.84. The Morgan fingerprint density at radius 1 is 1.10 bits per heavy atom. The fraction of sp³-hybridized carbons (Fsp3) is 0.222. The molecule has 0 saturated carbocycles. The summed E-state index contributed by atoms with van der Waals surface area (Å²) in [6.07, 6.45) is 0. The molecule has 1 aromatic heterocycles. The van der Waals surface area contributed by atoms with Crippen molar-refractivity contribution in [3.63, 3.8) is 0 Å². The molecule has 0 aliphatic rings. The van der Waals surface area contributed by atoms with Gasteiger partial charge in [-0.05, 0) is 50.2 Å². The molecule has 0 aliphatic heterocycles. The molecule has 29 heavy (non-hydrogen) atoms. The van der Waals surface area contributed by atoms with Crippen molar-refractivity contribution in [1.29, 1.82) is 0 Å². The second-order valence-electron chi connectivity index (χ2n) is 6.06. The van der Waals surface area contributed by atoms with E-state index in [1.54, 1.807) is 35.8 Å². The van der Waals surface area contributed by atoms with E-state index in [-0.39, 0.29) is 21.0 Å². The summed E-state index contributed by atoms with van der Waals surface area (Å²) in [5.74, 6) is 0.892. The van der Waals surface area contributed by atoms with E-state index in [1.165, 1.54) is 18.2 Å². The van der Waals surface area contributed by atoms with Gasteiger partial charge in [-0.2, -0.15) is 0 Å². The minimum atomic E-state index is -3.86. The van der Waals surface area contributed by atoms with E-state index in [9.17, 15) is 8.42 Å². The molecule has 0 aliphatic carbocycles. The number of hydrogen-bond donors (Lipinski definition) is 1. The number of sulfonamides is 1. The molecule has 0 bridgehead atoms. The molecule has 3 rings (SSSR count). The first-order valence-corrected chi connectivity index (χ1v) is 11.2. The Bertz CT molecular complexity index is 1140. The van der Waals surface area contributed by atoms with Gasteiger partial charge in [0.15, 0.2) is 5.82 Å². The Morgan fingerprint density at radius 2 is 1.86 bits per heavy atom. The lowest BCUT2D eigenvalue weighted by molar-refractivity contribution is 0.408. The third-order valence-corrected chi connectivity index (χ3v) is 6.50. The number of rotatable bonds is 7. The molecule has 0 spiro atoms. The Kier molecular flexibility index (Phi) is 6.70.